The van der Waals surface area contributed by atoms with Crippen molar-refractivity contribution in [3.63, 3.8) is 0 Å². The molecule has 146 valence electrons. The molecule has 3 heterocycles. The monoisotopic (exact) mass is 378 g/mol. The zero-order valence-corrected chi connectivity index (χ0v) is 16.4. The summed E-state index contributed by atoms with van der Waals surface area (Å²) in [6.45, 7) is 6.36. The minimum atomic E-state index is -0.00525. The fourth-order valence-corrected chi connectivity index (χ4v) is 3.51. The molecule has 2 aromatic heterocycles. The molecule has 0 amide bonds. The average Bonchev–Trinajstić information content (AvgIpc) is 3.21. The molecule has 1 unspecified atom stereocenters. The number of benzene rings is 1. The van der Waals surface area contributed by atoms with E-state index in [1.165, 1.54) is 5.56 Å². The van der Waals surface area contributed by atoms with Crippen molar-refractivity contribution in [3.05, 3.63) is 66.2 Å². The molecule has 6 heteroatoms. The van der Waals surface area contributed by atoms with Gasteiger partial charge in [0.15, 0.2) is 0 Å². The Morgan fingerprint density at radius 2 is 2.11 bits per heavy atom. The van der Waals surface area contributed by atoms with Crippen molar-refractivity contribution in [1.82, 2.24) is 19.7 Å². The SMILES string of the molecule is CCn1cc(CN2CCOC(c3ccc(-c4cccc(OC)c4)cn3)C2)cn1. The second-order valence-electron chi connectivity index (χ2n) is 7.00. The first-order valence-electron chi connectivity index (χ1n) is 9.71. The van der Waals surface area contributed by atoms with Gasteiger partial charge >= 0.3 is 0 Å². The van der Waals surface area contributed by atoms with Crippen molar-refractivity contribution >= 4 is 0 Å². The summed E-state index contributed by atoms with van der Waals surface area (Å²) in [5.41, 5.74) is 4.38. The van der Waals surface area contributed by atoms with Crippen LogP contribution in [-0.2, 0) is 17.8 Å². The number of aryl methyl sites for hydroxylation is 1. The molecule has 3 aromatic rings. The second kappa shape index (κ2) is 8.54. The van der Waals surface area contributed by atoms with Gasteiger partial charge in [-0.1, -0.05) is 18.2 Å². The highest BCUT2D eigenvalue weighted by Gasteiger charge is 2.23. The Balaban J connectivity index is 1.43. The maximum Gasteiger partial charge on any atom is 0.119 e. The van der Waals surface area contributed by atoms with Crippen LogP contribution in [0.2, 0.25) is 0 Å². The largest absolute Gasteiger partial charge is 0.497 e. The molecule has 1 aliphatic heterocycles. The maximum absolute atomic E-state index is 6.00. The predicted molar refractivity (Wildman–Crippen MR) is 108 cm³/mol. The number of pyridine rings is 1. The Bertz CT molecular complexity index is 907. The van der Waals surface area contributed by atoms with Gasteiger partial charge in [-0.05, 0) is 30.7 Å². The number of morpholine rings is 1. The lowest BCUT2D eigenvalue weighted by Gasteiger charge is -2.32. The summed E-state index contributed by atoms with van der Waals surface area (Å²) < 4.78 is 13.3. The third-order valence-electron chi connectivity index (χ3n) is 5.09. The smallest absolute Gasteiger partial charge is 0.119 e. The maximum atomic E-state index is 6.00. The summed E-state index contributed by atoms with van der Waals surface area (Å²) in [4.78, 5) is 7.09. The minimum Gasteiger partial charge on any atom is -0.497 e. The lowest BCUT2D eigenvalue weighted by Crippen LogP contribution is -2.38. The lowest BCUT2D eigenvalue weighted by molar-refractivity contribution is -0.0349. The predicted octanol–water partition coefficient (Wildman–Crippen LogP) is 3.55. The van der Waals surface area contributed by atoms with E-state index < -0.39 is 0 Å². The fourth-order valence-electron chi connectivity index (χ4n) is 3.51. The number of hydrogen-bond acceptors (Lipinski definition) is 5. The third kappa shape index (κ3) is 4.24. The zero-order chi connectivity index (χ0) is 19.3. The summed E-state index contributed by atoms with van der Waals surface area (Å²) in [6.07, 6.45) is 5.98. The van der Waals surface area contributed by atoms with Gasteiger partial charge in [-0.15, -0.1) is 0 Å². The van der Waals surface area contributed by atoms with Crippen LogP contribution in [0.1, 0.15) is 24.3 Å². The van der Waals surface area contributed by atoms with E-state index in [-0.39, 0.29) is 6.10 Å². The molecule has 4 rings (SSSR count). The molecule has 1 aromatic carbocycles. The highest BCUT2D eigenvalue weighted by atomic mass is 16.5. The van der Waals surface area contributed by atoms with E-state index in [1.54, 1.807) is 7.11 Å². The molecule has 0 bridgehead atoms. The lowest BCUT2D eigenvalue weighted by atomic mass is 10.1. The van der Waals surface area contributed by atoms with Gasteiger partial charge in [0.1, 0.15) is 11.9 Å². The van der Waals surface area contributed by atoms with Crippen LogP contribution < -0.4 is 4.74 Å². The van der Waals surface area contributed by atoms with Crippen molar-refractivity contribution in [3.8, 4) is 16.9 Å². The van der Waals surface area contributed by atoms with Gasteiger partial charge < -0.3 is 9.47 Å². The molecule has 0 spiro atoms. The number of hydrogen-bond donors (Lipinski definition) is 0. The molecule has 1 saturated heterocycles. The molecule has 1 aliphatic rings. The van der Waals surface area contributed by atoms with Gasteiger partial charge in [-0.25, -0.2) is 0 Å². The van der Waals surface area contributed by atoms with Crippen LogP contribution in [0.3, 0.4) is 0 Å². The Hall–Kier alpha value is -2.70. The Kier molecular flexibility index (Phi) is 5.69. The molecule has 0 N–H and O–H groups in total. The van der Waals surface area contributed by atoms with Gasteiger partial charge in [0.25, 0.3) is 0 Å². The Labute approximate surface area is 165 Å². The number of ether oxygens (including phenoxy) is 2. The molecule has 6 nitrogen and oxygen atoms in total. The Morgan fingerprint density at radius 1 is 1.18 bits per heavy atom. The summed E-state index contributed by atoms with van der Waals surface area (Å²) >= 11 is 0. The number of nitrogens with zero attached hydrogens (tertiary/aromatic N) is 4. The van der Waals surface area contributed by atoms with Crippen molar-refractivity contribution in [2.75, 3.05) is 26.8 Å². The average molecular weight is 378 g/mol. The first-order chi connectivity index (χ1) is 13.7. The summed E-state index contributed by atoms with van der Waals surface area (Å²) in [5.74, 6) is 0.847. The molecular formula is C22H26N4O2. The first kappa shape index (κ1) is 18.7. The van der Waals surface area contributed by atoms with Crippen molar-refractivity contribution in [1.29, 1.82) is 0 Å². The van der Waals surface area contributed by atoms with E-state index >= 15 is 0 Å². The van der Waals surface area contributed by atoms with Crippen LogP contribution >= 0.6 is 0 Å². The van der Waals surface area contributed by atoms with E-state index in [0.29, 0.717) is 6.61 Å². The van der Waals surface area contributed by atoms with Gasteiger partial charge in [-0.3, -0.25) is 14.6 Å². The zero-order valence-electron chi connectivity index (χ0n) is 16.4. The van der Waals surface area contributed by atoms with Gasteiger partial charge in [0.2, 0.25) is 0 Å². The standard InChI is InChI=1S/C22H26N4O2/c1-3-26-15-17(12-24-26)14-25-9-10-28-22(16-25)21-8-7-19(13-23-21)18-5-4-6-20(11-18)27-2/h4-8,11-13,15,22H,3,9-10,14,16H2,1-2H3. The normalized spacial score (nSPS) is 17.6. The summed E-state index contributed by atoms with van der Waals surface area (Å²) in [7, 11) is 1.68. The van der Waals surface area contributed by atoms with E-state index in [2.05, 4.69) is 46.3 Å². The van der Waals surface area contributed by atoms with Crippen molar-refractivity contribution in [2.45, 2.75) is 26.1 Å². The van der Waals surface area contributed by atoms with Gasteiger partial charge in [0.05, 0.1) is 25.6 Å². The van der Waals surface area contributed by atoms with Crippen molar-refractivity contribution < 1.29 is 9.47 Å². The summed E-state index contributed by atoms with van der Waals surface area (Å²) in [6, 6.07) is 12.2. The topological polar surface area (TPSA) is 52.4 Å². The molecule has 0 aliphatic carbocycles. The Morgan fingerprint density at radius 3 is 2.86 bits per heavy atom. The fraction of sp³-hybridized carbons (Fsp3) is 0.364. The van der Waals surface area contributed by atoms with E-state index in [0.717, 1.165) is 48.7 Å². The summed E-state index contributed by atoms with van der Waals surface area (Å²) in [5, 5.41) is 4.37. The minimum absolute atomic E-state index is 0.00525. The molecule has 1 fully saturated rings. The van der Waals surface area contributed by atoms with Crippen LogP contribution in [0.4, 0.5) is 0 Å². The van der Waals surface area contributed by atoms with Crippen LogP contribution in [-0.4, -0.2) is 46.5 Å². The molecule has 28 heavy (non-hydrogen) atoms. The number of rotatable bonds is 6. The second-order valence-corrected chi connectivity index (χ2v) is 7.00. The van der Waals surface area contributed by atoms with Gasteiger partial charge in [0, 0.05) is 49.7 Å². The van der Waals surface area contributed by atoms with Gasteiger partial charge in [-0.2, -0.15) is 5.10 Å². The van der Waals surface area contributed by atoms with Crippen LogP contribution in [0.15, 0.2) is 55.0 Å². The third-order valence-corrected chi connectivity index (χ3v) is 5.09. The van der Waals surface area contributed by atoms with Crippen LogP contribution in [0, 0.1) is 0 Å². The van der Waals surface area contributed by atoms with E-state index in [4.69, 9.17) is 9.47 Å². The van der Waals surface area contributed by atoms with Crippen molar-refractivity contribution in [2.24, 2.45) is 0 Å². The number of aromatic nitrogens is 3. The van der Waals surface area contributed by atoms with Crippen LogP contribution in [0.25, 0.3) is 11.1 Å². The molecular weight excluding hydrogens is 352 g/mol. The van der Waals surface area contributed by atoms with E-state index in [9.17, 15) is 0 Å². The molecule has 1 atom stereocenters. The van der Waals surface area contributed by atoms with Crippen LogP contribution in [0.5, 0.6) is 5.75 Å². The highest BCUT2D eigenvalue weighted by Crippen LogP contribution is 2.26. The number of methoxy groups -OCH3 is 1. The highest BCUT2D eigenvalue weighted by molar-refractivity contribution is 5.64. The molecule has 0 radical (unpaired) electrons. The molecule has 0 saturated carbocycles. The van der Waals surface area contributed by atoms with E-state index in [1.807, 2.05) is 35.3 Å². The quantitative estimate of drug-likeness (QED) is 0.657. The first-order valence-corrected chi connectivity index (χ1v) is 9.71.